The summed E-state index contributed by atoms with van der Waals surface area (Å²) in [6.07, 6.45) is 0. The lowest BCUT2D eigenvalue weighted by molar-refractivity contribution is 0.0583. The number of nitrogens with zero attached hydrogens (tertiary/aromatic N) is 4. The molecule has 7 nitrogen and oxygen atoms in total. The lowest BCUT2D eigenvalue weighted by Crippen LogP contribution is -2.50. The Kier molecular flexibility index (Phi) is 5.93. The maximum Gasteiger partial charge on any atom is 0.275 e. The highest BCUT2D eigenvalue weighted by Crippen LogP contribution is 2.28. The third-order valence-electron chi connectivity index (χ3n) is 5.95. The lowest BCUT2D eigenvalue weighted by atomic mass is 10.1. The Bertz CT molecular complexity index is 1320. The molecule has 0 bridgehead atoms. The minimum atomic E-state index is -0.0948. The number of aromatic nitrogens is 2. The number of fused-ring (bicyclic) bond motifs is 1. The molecule has 5 rings (SSSR count). The van der Waals surface area contributed by atoms with Crippen LogP contribution in [0.15, 0.2) is 70.8 Å². The largest absolute Gasteiger partial charge is 0.497 e. The summed E-state index contributed by atoms with van der Waals surface area (Å²) in [5, 5.41) is 8.29. The summed E-state index contributed by atoms with van der Waals surface area (Å²) in [7, 11) is 1.61. The number of amides is 1. The Hall–Kier alpha value is -3.49. The summed E-state index contributed by atoms with van der Waals surface area (Å²) in [6.45, 7) is 2.96. The van der Waals surface area contributed by atoms with Gasteiger partial charge < -0.3 is 9.64 Å². The molecule has 0 aliphatic carbocycles. The number of carbonyl (C=O) groups excluding carboxylic acids is 1. The lowest BCUT2D eigenvalue weighted by Gasteiger charge is -2.34. The van der Waals surface area contributed by atoms with Gasteiger partial charge in [-0.2, -0.15) is 5.10 Å². The van der Waals surface area contributed by atoms with Crippen LogP contribution in [0, 0.1) is 0 Å². The molecule has 1 aliphatic heterocycles. The number of hydrogen-bond donors (Lipinski definition) is 0. The Labute approximate surface area is 195 Å². The highest BCUT2D eigenvalue weighted by molar-refractivity contribution is 7.13. The van der Waals surface area contributed by atoms with Crippen molar-refractivity contribution in [3.05, 3.63) is 82.0 Å². The average Bonchev–Trinajstić information content (AvgIpc) is 3.41. The molecule has 1 aliphatic rings. The van der Waals surface area contributed by atoms with Crippen LogP contribution >= 0.6 is 11.3 Å². The molecule has 3 heterocycles. The van der Waals surface area contributed by atoms with Crippen LogP contribution in [0.4, 0.5) is 0 Å². The second-order valence-electron chi connectivity index (χ2n) is 7.96. The van der Waals surface area contributed by atoms with Crippen molar-refractivity contribution in [3.63, 3.8) is 0 Å². The van der Waals surface area contributed by atoms with Gasteiger partial charge in [-0.15, -0.1) is 11.3 Å². The van der Waals surface area contributed by atoms with E-state index >= 15 is 0 Å². The van der Waals surface area contributed by atoms with Crippen LogP contribution in [0.2, 0.25) is 0 Å². The molecular formula is C25H24N4O3S. The van der Waals surface area contributed by atoms with E-state index in [2.05, 4.69) is 4.90 Å². The van der Waals surface area contributed by atoms with Crippen LogP contribution in [0.3, 0.4) is 0 Å². The van der Waals surface area contributed by atoms with Crippen LogP contribution in [0.5, 0.6) is 5.75 Å². The molecular weight excluding hydrogens is 436 g/mol. The minimum absolute atomic E-state index is 0.0123. The fourth-order valence-electron chi connectivity index (χ4n) is 4.12. The molecule has 0 saturated carbocycles. The van der Waals surface area contributed by atoms with E-state index in [-0.39, 0.29) is 11.5 Å². The van der Waals surface area contributed by atoms with E-state index < -0.39 is 0 Å². The molecule has 8 heteroatoms. The van der Waals surface area contributed by atoms with Crippen molar-refractivity contribution in [1.29, 1.82) is 0 Å². The first-order chi connectivity index (χ1) is 16.1. The third kappa shape index (κ3) is 4.27. The highest BCUT2D eigenvalue weighted by Gasteiger charge is 2.23. The standard InChI is InChI=1S/C25H24N4O3S/c1-32-19-10-8-18(9-11-19)24(30)28-14-12-27(13-15-28)17-29-25(31)21-6-3-2-5-20(21)23(26-29)22-7-4-16-33-22/h2-11,16H,12-15,17H2,1H3. The van der Waals surface area contributed by atoms with E-state index in [1.807, 2.05) is 46.7 Å². The quantitative estimate of drug-likeness (QED) is 0.456. The zero-order chi connectivity index (χ0) is 22.8. The molecule has 4 aromatic rings. The van der Waals surface area contributed by atoms with Gasteiger partial charge >= 0.3 is 0 Å². The molecule has 1 saturated heterocycles. The Balaban J connectivity index is 1.32. The van der Waals surface area contributed by atoms with Crippen molar-refractivity contribution in [2.75, 3.05) is 33.3 Å². The van der Waals surface area contributed by atoms with E-state index in [9.17, 15) is 9.59 Å². The summed E-state index contributed by atoms with van der Waals surface area (Å²) in [5.74, 6) is 0.741. The number of methoxy groups -OCH3 is 1. The van der Waals surface area contributed by atoms with Crippen LogP contribution in [0.1, 0.15) is 10.4 Å². The highest BCUT2D eigenvalue weighted by atomic mass is 32.1. The van der Waals surface area contributed by atoms with Crippen molar-refractivity contribution < 1.29 is 9.53 Å². The minimum Gasteiger partial charge on any atom is -0.497 e. The van der Waals surface area contributed by atoms with Gasteiger partial charge in [-0.1, -0.05) is 24.3 Å². The predicted octanol–water partition coefficient (Wildman–Crippen LogP) is 3.55. The van der Waals surface area contributed by atoms with Crippen molar-refractivity contribution in [3.8, 4) is 16.3 Å². The van der Waals surface area contributed by atoms with Crippen LogP contribution in [-0.4, -0.2) is 58.8 Å². The summed E-state index contributed by atoms with van der Waals surface area (Å²) >= 11 is 1.61. The van der Waals surface area contributed by atoms with Crippen molar-refractivity contribution >= 4 is 28.0 Å². The molecule has 1 amide bonds. The summed E-state index contributed by atoms with van der Waals surface area (Å²) in [6, 6.07) is 18.8. The number of piperazine rings is 1. The van der Waals surface area contributed by atoms with Gasteiger partial charge in [0.2, 0.25) is 0 Å². The van der Waals surface area contributed by atoms with E-state index in [0.29, 0.717) is 43.8 Å². The Morgan fingerprint density at radius 3 is 2.36 bits per heavy atom. The van der Waals surface area contributed by atoms with Gasteiger partial charge in [0.05, 0.1) is 24.0 Å². The summed E-state index contributed by atoms with van der Waals surface area (Å²) in [5.41, 5.74) is 1.38. The van der Waals surface area contributed by atoms with Crippen molar-refractivity contribution in [2.45, 2.75) is 6.67 Å². The van der Waals surface area contributed by atoms with Gasteiger partial charge in [0.15, 0.2) is 0 Å². The second kappa shape index (κ2) is 9.17. The fourth-order valence-corrected chi connectivity index (χ4v) is 4.85. The molecule has 33 heavy (non-hydrogen) atoms. The van der Waals surface area contributed by atoms with Crippen LogP contribution < -0.4 is 10.3 Å². The van der Waals surface area contributed by atoms with Gasteiger partial charge in [0.25, 0.3) is 11.5 Å². The molecule has 2 aromatic heterocycles. The molecule has 0 unspecified atom stereocenters. The zero-order valence-electron chi connectivity index (χ0n) is 18.3. The Morgan fingerprint density at radius 2 is 1.70 bits per heavy atom. The molecule has 2 aromatic carbocycles. The monoisotopic (exact) mass is 460 g/mol. The first-order valence-electron chi connectivity index (χ1n) is 10.8. The maximum atomic E-state index is 13.1. The molecule has 0 radical (unpaired) electrons. The van der Waals surface area contributed by atoms with Crippen LogP contribution in [-0.2, 0) is 6.67 Å². The smallest absolute Gasteiger partial charge is 0.275 e. The number of ether oxygens (including phenoxy) is 1. The van der Waals surface area contributed by atoms with Gasteiger partial charge in [-0.3, -0.25) is 14.5 Å². The fraction of sp³-hybridized carbons (Fsp3) is 0.240. The number of hydrogen-bond acceptors (Lipinski definition) is 6. The molecule has 1 fully saturated rings. The first kappa shape index (κ1) is 21.4. The SMILES string of the molecule is COc1ccc(C(=O)N2CCN(Cn3nc(-c4cccs4)c4ccccc4c3=O)CC2)cc1. The molecule has 0 atom stereocenters. The van der Waals surface area contributed by atoms with E-state index in [0.717, 1.165) is 21.7 Å². The van der Waals surface area contributed by atoms with E-state index in [4.69, 9.17) is 9.84 Å². The van der Waals surface area contributed by atoms with Gasteiger partial charge in [-0.05, 0) is 41.8 Å². The Morgan fingerprint density at radius 1 is 0.970 bits per heavy atom. The molecule has 0 N–H and O–H groups in total. The second-order valence-corrected chi connectivity index (χ2v) is 8.90. The van der Waals surface area contributed by atoms with Crippen LogP contribution in [0.25, 0.3) is 21.3 Å². The zero-order valence-corrected chi connectivity index (χ0v) is 19.1. The van der Waals surface area contributed by atoms with Gasteiger partial charge in [0, 0.05) is 37.1 Å². The average molecular weight is 461 g/mol. The molecule has 0 spiro atoms. The summed E-state index contributed by atoms with van der Waals surface area (Å²) in [4.78, 5) is 31.0. The van der Waals surface area contributed by atoms with Gasteiger partial charge in [-0.25, -0.2) is 4.68 Å². The van der Waals surface area contributed by atoms with Crippen molar-refractivity contribution in [2.24, 2.45) is 0 Å². The number of thiophene rings is 1. The number of rotatable bonds is 5. The van der Waals surface area contributed by atoms with E-state index in [1.165, 1.54) is 0 Å². The van der Waals surface area contributed by atoms with Crippen molar-refractivity contribution in [1.82, 2.24) is 19.6 Å². The van der Waals surface area contributed by atoms with Gasteiger partial charge in [0.1, 0.15) is 11.4 Å². The first-order valence-corrected chi connectivity index (χ1v) is 11.7. The summed E-state index contributed by atoms with van der Waals surface area (Å²) < 4.78 is 6.72. The predicted molar refractivity (Wildman–Crippen MR) is 130 cm³/mol. The number of benzene rings is 2. The normalized spacial score (nSPS) is 14.5. The third-order valence-corrected chi connectivity index (χ3v) is 6.83. The topological polar surface area (TPSA) is 67.7 Å². The maximum absolute atomic E-state index is 13.1. The number of carbonyl (C=O) groups is 1. The van der Waals surface area contributed by atoms with E-state index in [1.54, 1.807) is 47.4 Å². The molecule has 168 valence electrons.